The Balaban J connectivity index is 2.72. The topological polar surface area (TPSA) is 105 Å². The average molecular weight is 346 g/mol. The zero-order chi connectivity index (χ0) is 19.0. The predicted octanol–water partition coefficient (Wildman–Crippen LogP) is 0.852. The highest BCUT2D eigenvalue weighted by molar-refractivity contribution is 5.98. The molecule has 0 heterocycles. The van der Waals surface area contributed by atoms with E-state index >= 15 is 0 Å². The van der Waals surface area contributed by atoms with E-state index in [-0.39, 0.29) is 6.54 Å². The summed E-state index contributed by atoms with van der Waals surface area (Å²) in [6.45, 7) is 4.12. The maximum absolute atomic E-state index is 12.2. The second-order valence-corrected chi connectivity index (χ2v) is 6.25. The number of alkyl carbamates (subject to hydrolysis) is 1. The number of hydrogen-bond acceptors (Lipinski definition) is 5. The fourth-order valence-electron chi connectivity index (χ4n) is 1.81. The molecule has 134 valence electrons. The van der Waals surface area contributed by atoms with Crippen molar-refractivity contribution in [3.63, 3.8) is 0 Å². The van der Waals surface area contributed by atoms with Crippen LogP contribution in [0.25, 0.3) is 0 Å². The van der Waals surface area contributed by atoms with Crippen LogP contribution >= 0.6 is 0 Å². The van der Waals surface area contributed by atoms with E-state index in [1.54, 1.807) is 32.9 Å². The number of ketones is 1. The molecule has 7 nitrogen and oxygen atoms in total. The van der Waals surface area contributed by atoms with Gasteiger partial charge >= 0.3 is 6.09 Å². The maximum atomic E-state index is 12.2. The number of rotatable bonds is 6. The van der Waals surface area contributed by atoms with E-state index in [1.807, 2.05) is 0 Å². The van der Waals surface area contributed by atoms with Crippen LogP contribution in [0.15, 0.2) is 24.3 Å². The van der Waals surface area contributed by atoms with Gasteiger partial charge < -0.3 is 20.5 Å². The number of amides is 2. The first-order valence-corrected chi connectivity index (χ1v) is 7.64. The summed E-state index contributed by atoms with van der Waals surface area (Å²) in [5.41, 5.74) is 0.223. The van der Waals surface area contributed by atoms with Gasteiger partial charge in [-0.2, -0.15) is 0 Å². The molecule has 0 bridgehead atoms. The van der Waals surface area contributed by atoms with E-state index in [0.717, 1.165) is 0 Å². The quantitative estimate of drug-likeness (QED) is 0.663. The molecular formula is C18H22N2O5. The average Bonchev–Trinajstić information content (AvgIpc) is 2.56. The number of Topliss-reactive ketones (excluding diaryl/α,β-unsaturated/α-hetero) is 1. The van der Waals surface area contributed by atoms with Gasteiger partial charge in [0, 0.05) is 17.7 Å². The molecule has 0 aliphatic rings. The lowest BCUT2D eigenvalue weighted by molar-refractivity contribution is -0.123. The molecule has 0 aliphatic carbocycles. The van der Waals surface area contributed by atoms with Gasteiger partial charge in [-0.25, -0.2) is 4.79 Å². The minimum absolute atomic E-state index is 0.206. The van der Waals surface area contributed by atoms with Crippen molar-refractivity contribution >= 4 is 17.8 Å². The van der Waals surface area contributed by atoms with Gasteiger partial charge in [-0.15, -0.1) is 6.42 Å². The maximum Gasteiger partial charge on any atom is 0.407 e. The van der Waals surface area contributed by atoms with Crippen LogP contribution in [0, 0.1) is 12.3 Å². The molecular weight excluding hydrogens is 324 g/mol. The van der Waals surface area contributed by atoms with Crippen LogP contribution < -0.4 is 10.6 Å². The Morgan fingerprint density at radius 2 is 1.84 bits per heavy atom. The second-order valence-electron chi connectivity index (χ2n) is 6.25. The van der Waals surface area contributed by atoms with E-state index in [2.05, 4.69) is 16.6 Å². The van der Waals surface area contributed by atoms with Crippen molar-refractivity contribution in [2.75, 3.05) is 13.2 Å². The van der Waals surface area contributed by atoms with Crippen LogP contribution in [-0.2, 0) is 9.53 Å². The van der Waals surface area contributed by atoms with Crippen LogP contribution in [0.5, 0.6) is 0 Å². The van der Waals surface area contributed by atoms with Gasteiger partial charge in [0.2, 0.25) is 0 Å². The van der Waals surface area contributed by atoms with Crippen molar-refractivity contribution < 1.29 is 24.2 Å². The molecule has 1 aromatic carbocycles. The van der Waals surface area contributed by atoms with Crippen molar-refractivity contribution in [1.82, 2.24) is 10.6 Å². The Morgan fingerprint density at radius 1 is 1.24 bits per heavy atom. The molecule has 1 rings (SSSR count). The summed E-state index contributed by atoms with van der Waals surface area (Å²) in [4.78, 5) is 35.7. The Kier molecular flexibility index (Phi) is 7.15. The first-order valence-electron chi connectivity index (χ1n) is 7.64. The molecule has 0 unspecified atom stereocenters. The van der Waals surface area contributed by atoms with Gasteiger partial charge in [0.05, 0.1) is 0 Å². The highest BCUT2D eigenvalue weighted by atomic mass is 16.6. The molecule has 25 heavy (non-hydrogen) atoms. The highest BCUT2D eigenvalue weighted by Gasteiger charge is 2.23. The highest BCUT2D eigenvalue weighted by Crippen LogP contribution is 2.07. The lowest BCUT2D eigenvalue weighted by Gasteiger charge is -2.22. The molecule has 0 saturated heterocycles. The number of benzene rings is 1. The summed E-state index contributed by atoms with van der Waals surface area (Å²) in [6, 6.07) is 5.14. The number of carbonyl (C=O) groups is 3. The molecule has 0 aliphatic heterocycles. The molecule has 1 aromatic rings. The Hall–Kier alpha value is -2.85. The number of aliphatic hydroxyl groups is 1. The van der Waals surface area contributed by atoms with Crippen molar-refractivity contribution in [2.45, 2.75) is 32.4 Å². The summed E-state index contributed by atoms with van der Waals surface area (Å²) in [5.74, 6) is 1.27. The fourth-order valence-corrected chi connectivity index (χ4v) is 1.81. The number of ether oxygens (including phenoxy) is 1. The summed E-state index contributed by atoms with van der Waals surface area (Å²) in [6.07, 6.45) is 4.52. The third-order valence-electron chi connectivity index (χ3n) is 3.01. The largest absolute Gasteiger partial charge is 0.444 e. The molecule has 1 atom stereocenters. The van der Waals surface area contributed by atoms with E-state index in [1.165, 1.54) is 12.1 Å². The summed E-state index contributed by atoms with van der Waals surface area (Å²) < 4.78 is 5.06. The van der Waals surface area contributed by atoms with Crippen molar-refractivity contribution in [3.8, 4) is 12.3 Å². The van der Waals surface area contributed by atoms with Crippen LogP contribution in [0.2, 0.25) is 0 Å². The lowest BCUT2D eigenvalue weighted by Crippen LogP contribution is -2.50. The smallest absolute Gasteiger partial charge is 0.407 e. The Labute approximate surface area is 146 Å². The lowest BCUT2D eigenvalue weighted by atomic mass is 10.1. The van der Waals surface area contributed by atoms with Crippen molar-refractivity contribution in [1.29, 1.82) is 0 Å². The van der Waals surface area contributed by atoms with Gasteiger partial charge in [-0.3, -0.25) is 9.59 Å². The summed E-state index contributed by atoms with van der Waals surface area (Å²) in [7, 11) is 0. The minimum Gasteiger partial charge on any atom is -0.444 e. The van der Waals surface area contributed by atoms with E-state index < -0.39 is 36.0 Å². The Morgan fingerprint density at radius 3 is 2.32 bits per heavy atom. The molecule has 0 radical (unpaired) electrons. The number of carbonyl (C=O) groups excluding carboxylic acids is 3. The van der Waals surface area contributed by atoms with Gasteiger partial charge in [0.15, 0.2) is 5.78 Å². The van der Waals surface area contributed by atoms with Crippen LogP contribution in [0.4, 0.5) is 4.79 Å². The van der Waals surface area contributed by atoms with Gasteiger partial charge in [0.25, 0.3) is 5.91 Å². The second kappa shape index (κ2) is 8.85. The van der Waals surface area contributed by atoms with E-state index in [4.69, 9.17) is 16.3 Å². The third kappa shape index (κ3) is 7.06. The zero-order valence-electron chi connectivity index (χ0n) is 14.5. The van der Waals surface area contributed by atoms with Gasteiger partial charge in [-0.05, 0) is 45.0 Å². The van der Waals surface area contributed by atoms with Crippen LogP contribution in [-0.4, -0.2) is 47.7 Å². The number of hydrogen-bond donors (Lipinski definition) is 3. The van der Waals surface area contributed by atoms with E-state index in [0.29, 0.717) is 11.1 Å². The van der Waals surface area contributed by atoms with Crippen LogP contribution in [0.1, 0.15) is 36.7 Å². The molecule has 3 N–H and O–H groups in total. The molecule has 0 saturated carbocycles. The predicted molar refractivity (Wildman–Crippen MR) is 92.0 cm³/mol. The van der Waals surface area contributed by atoms with Crippen molar-refractivity contribution in [2.24, 2.45) is 0 Å². The molecule has 0 spiro atoms. The van der Waals surface area contributed by atoms with Gasteiger partial charge in [0.1, 0.15) is 18.2 Å². The summed E-state index contributed by atoms with van der Waals surface area (Å²) in [5, 5.41) is 13.9. The van der Waals surface area contributed by atoms with Crippen LogP contribution in [0.3, 0.4) is 0 Å². The number of terminal acetylenes is 1. The van der Waals surface area contributed by atoms with Crippen molar-refractivity contribution in [3.05, 3.63) is 35.4 Å². The first kappa shape index (κ1) is 20.2. The monoisotopic (exact) mass is 346 g/mol. The number of aliphatic hydroxyl groups excluding tert-OH is 1. The first-order chi connectivity index (χ1) is 11.7. The van der Waals surface area contributed by atoms with Gasteiger partial charge in [-0.1, -0.05) is 5.92 Å². The SMILES string of the molecule is C#Cc1ccc(C(=O)N[C@@H](CNC(=O)OC(C)(C)C)C(=O)CO)cc1. The van der Waals surface area contributed by atoms with E-state index in [9.17, 15) is 14.4 Å². The molecule has 7 heteroatoms. The standard InChI is InChI=1S/C18H22N2O5/c1-5-12-6-8-13(9-7-12)16(23)20-14(15(22)11-21)10-19-17(24)25-18(2,3)4/h1,6-9,14,21H,10-11H2,2-4H3,(H,19,24)(H,20,23)/t14-/m0/s1. The normalized spacial score (nSPS) is 11.8. The molecule has 2 amide bonds. The summed E-state index contributed by atoms with van der Waals surface area (Å²) >= 11 is 0. The molecule has 0 aromatic heterocycles. The number of nitrogens with one attached hydrogen (secondary N) is 2. The fraction of sp³-hybridized carbons (Fsp3) is 0.389. The Bertz CT molecular complexity index is 668. The zero-order valence-corrected chi connectivity index (χ0v) is 14.5. The third-order valence-corrected chi connectivity index (χ3v) is 3.01. The minimum atomic E-state index is -1.09. The molecule has 0 fully saturated rings.